The number of piperidine rings is 1. The van der Waals surface area contributed by atoms with Crippen molar-refractivity contribution in [2.45, 2.75) is 64.7 Å². The van der Waals surface area contributed by atoms with Crippen molar-refractivity contribution in [3.63, 3.8) is 0 Å². The number of nitrogens with zero attached hydrogens (tertiary/aromatic N) is 1. The number of amides is 2. The number of alkyl halides is 5. The summed E-state index contributed by atoms with van der Waals surface area (Å²) in [5, 5.41) is 2.06. The number of nitrogens with one attached hydrogen (secondary N) is 1. The van der Waals surface area contributed by atoms with Crippen LogP contribution in [0.5, 0.6) is 0 Å². The monoisotopic (exact) mass is 465 g/mol. The predicted molar refractivity (Wildman–Crippen MR) is 93.6 cm³/mol. The Kier molecular flexibility index (Phi) is 10.2. The highest BCUT2D eigenvalue weighted by atomic mass is 35.5. The van der Waals surface area contributed by atoms with Gasteiger partial charge in [-0.1, -0.05) is 27.7 Å². The Balaban J connectivity index is 0.00000841. The number of carbonyl (C=O) groups is 3. The molecular weight excluding hydrogens is 437 g/mol. The van der Waals surface area contributed by atoms with Crippen LogP contribution >= 0.6 is 0 Å². The second-order valence-corrected chi connectivity index (χ2v) is 8.12. The average Bonchev–Trinajstić information content (AvgIpc) is 2.62. The molecule has 6 nitrogen and oxygen atoms in total. The summed E-state index contributed by atoms with van der Waals surface area (Å²) in [6, 6.07) is -2.41. The van der Waals surface area contributed by atoms with Crippen molar-refractivity contribution in [1.29, 1.82) is 0 Å². The van der Waals surface area contributed by atoms with Crippen LogP contribution in [0.4, 0.5) is 22.0 Å². The maximum absolute atomic E-state index is 13.4. The molecule has 1 unspecified atom stereocenters. The molecule has 4 N–H and O–H groups in total. The van der Waals surface area contributed by atoms with E-state index >= 15 is 0 Å². The van der Waals surface area contributed by atoms with E-state index < -0.39 is 47.7 Å². The second-order valence-electron chi connectivity index (χ2n) is 8.12. The van der Waals surface area contributed by atoms with Gasteiger partial charge in [0.1, 0.15) is 0 Å². The zero-order valence-electron chi connectivity index (χ0n) is 17.4. The van der Waals surface area contributed by atoms with Crippen LogP contribution in [0.1, 0.15) is 40.5 Å². The fourth-order valence-electron chi connectivity index (χ4n) is 3.02. The van der Waals surface area contributed by atoms with E-state index in [1.165, 1.54) is 13.8 Å². The van der Waals surface area contributed by atoms with E-state index in [1.54, 1.807) is 4.90 Å². The van der Waals surface area contributed by atoms with Crippen molar-refractivity contribution in [3.8, 4) is 0 Å². The highest BCUT2D eigenvalue weighted by Gasteiger charge is 2.64. The third kappa shape index (κ3) is 6.50. The van der Waals surface area contributed by atoms with Gasteiger partial charge in [-0.15, -0.1) is 0 Å². The summed E-state index contributed by atoms with van der Waals surface area (Å²) < 4.78 is 64.4. The minimum Gasteiger partial charge on any atom is -1.00 e. The maximum Gasteiger partial charge on any atom is 0.461 e. The summed E-state index contributed by atoms with van der Waals surface area (Å²) >= 11 is 0. The zero-order valence-corrected chi connectivity index (χ0v) is 18.1. The van der Waals surface area contributed by atoms with E-state index in [0.29, 0.717) is 0 Å². The van der Waals surface area contributed by atoms with Gasteiger partial charge in [-0.05, 0) is 18.8 Å². The van der Waals surface area contributed by atoms with E-state index in [2.05, 4.69) is 11.1 Å². The summed E-state index contributed by atoms with van der Waals surface area (Å²) in [4.78, 5) is 38.1. The first-order valence-corrected chi connectivity index (χ1v) is 9.52. The SMILES string of the molecule is CC(C)C(NC(=O)C1CCN(C(=O)[C@@H]([NH3+])C(C)C)CC1)C(=O)C(F)(F)C(F)(F)F.[Cl-]. The lowest BCUT2D eigenvalue weighted by atomic mass is 9.91. The molecule has 1 fully saturated rings. The van der Waals surface area contributed by atoms with Gasteiger partial charge in [0.05, 0.1) is 6.04 Å². The van der Waals surface area contributed by atoms with Crippen molar-refractivity contribution in [3.05, 3.63) is 0 Å². The van der Waals surface area contributed by atoms with Crippen molar-refractivity contribution in [2.24, 2.45) is 17.8 Å². The standard InChI is InChI=1S/C18H28F5N3O3.ClH/c1-9(2)12(24)16(29)26-7-5-11(6-8-26)15(28)25-13(10(3)4)14(27)17(19,20)18(21,22)23;/h9-13H,5-8,24H2,1-4H3,(H,25,28);1H/t12-,13?;/m0./s1. The maximum atomic E-state index is 13.4. The summed E-state index contributed by atoms with van der Waals surface area (Å²) in [5.74, 6) is -10.5. The predicted octanol–water partition coefficient (Wildman–Crippen LogP) is -1.60. The van der Waals surface area contributed by atoms with Gasteiger partial charge in [0, 0.05) is 24.9 Å². The molecule has 176 valence electrons. The van der Waals surface area contributed by atoms with Crippen molar-refractivity contribution < 1.29 is 54.5 Å². The number of Topliss-reactive ketones (excluding diaryl/α,β-unsaturated/α-hetero) is 1. The number of hydrogen-bond donors (Lipinski definition) is 2. The van der Waals surface area contributed by atoms with Gasteiger partial charge in [-0.3, -0.25) is 14.4 Å². The lowest BCUT2D eigenvalue weighted by molar-refractivity contribution is -0.416. The lowest BCUT2D eigenvalue weighted by Gasteiger charge is -2.34. The minimum atomic E-state index is -6.03. The van der Waals surface area contributed by atoms with Crippen molar-refractivity contribution in [2.75, 3.05) is 13.1 Å². The summed E-state index contributed by atoms with van der Waals surface area (Å²) in [6.45, 7) is 6.75. The Morgan fingerprint density at radius 1 is 0.967 bits per heavy atom. The molecule has 1 aliphatic rings. The Bertz CT molecular complexity index is 621. The number of hydrogen-bond acceptors (Lipinski definition) is 3. The van der Waals surface area contributed by atoms with Gasteiger partial charge < -0.3 is 28.4 Å². The molecule has 1 heterocycles. The second kappa shape index (κ2) is 10.7. The Hall–Kier alpha value is -1.49. The number of rotatable bonds is 7. The number of ketones is 1. The Labute approximate surface area is 178 Å². The number of likely N-dealkylation sites (tertiary alicyclic amines) is 1. The van der Waals surface area contributed by atoms with E-state index in [1.807, 2.05) is 13.8 Å². The molecule has 0 aliphatic carbocycles. The van der Waals surface area contributed by atoms with Gasteiger partial charge >= 0.3 is 12.1 Å². The molecule has 1 rings (SSSR count). The lowest BCUT2D eigenvalue weighted by Crippen LogP contribution is -3.00. The largest absolute Gasteiger partial charge is 1.00 e. The third-order valence-electron chi connectivity index (χ3n) is 5.21. The molecule has 0 bridgehead atoms. The molecule has 30 heavy (non-hydrogen) atoms. The van der Waals surface area contributed by atoms with Crippen LogP contribution in [-0.2, 0) is 14.4 Å². The number of halogens is 6. The van der Waals surface area contributed by atoms with Gasteiger partial charge in [0.15, 0.2) is 6.04 Å². The van der Waals surface area contributed by atoms with Crippen molar-refractivity contribution in [1.82, 2.24) is 10.2 Å². The molecule has 2 amide bonds. The smallest absolute Gasteiger partial charge is 0.461 e. The van der Waals surface area contributed by atoms with Crippen LogP contribution in [0.2, 0.25) is 0 Å². The summed E-state index contributed by atoms with van der Waals surface area (Å²) in [6.07, 6.45) is -5.59. The molecule has 0 spiro atoms. The fraction of sp³-hybridized carbons (Fsp3) is 0.833. The Morgan fingerprint density at radius 3 is 1.80 bits per heavy atom. The highest BCUT2D eigenvalue weighted by molar-refractivity contribution is 5.95. The molecule has 0 aromatic heterocycles. The molecule has 1 aliphatic heterocycles. The minimum absolute atomic E-state index is 0. The van der Waals surface area contributed by atoms with Crippen LogP contribution in [-0.4, -0.2) is 59.8 Å². The van der Waals surface area contributed by atoms with E-state index in [-0.39, 0.29) is 50.2 Å². The third-order valence-corrected chi connectivity index (χ3v) is 5.21. The van der Waals surface area contributed by atoms with Crippen LogP contribution in [0, 0.1) is 17.8 Å². The molecule has 0 saturated carbocycles. The van der Waals surface area contributed by atoms with Gasteiger partial charge in [0.25, 0.3) is 5.91 Å². The van der Waals surface area contributed by atoms with Gasteiger partial charge in [-0.2, -0.15) is 22.0 Å². The van der Waals surface area contributed by atoms with Gasteiger partial charge in [-0.25, -0.2) is 0 Å². The van der Waals surface area contributed by atoms with E-state index in [4.69, 9.17) is 0 Å². The number of carbonyl (C=O) groups excluding carboxylic acids is 3. The fourth-order valence-corrected chi connectivity index (χ4v) is 3.02. The Morgan fingerprint density at radius 2 is 1.43 bits per heavy atom. The van der Waals surface area contributed by atoms with Gasteiger partial charge in [0.2, 0.25) is 11.7 Å². The highest BCUT2D eigenvalue weighted by Crippen LogP contribution is 2.37. The van der Waals surface area contributed by atoms with E-state index in [9.17, 15) is 36.3 Å². The quantitative estimate of drug-likeness (QED) is 0.444. The molecular formula is C18H29ClF5N3O3. The number of quaternary nitrogens is 1. The van der Waals surface area contributed by atoms with Crippen LogP contribution in [0.3, 0.4) is 0 Å². The molecule has 0 radical (unpaired) electrons. The molecule has 0 aromatic carbocycles. The first kappa shape index (κ1) is 28.5. The zero-order chi connectivity index (χ0) is 22.7. The average molecular weight is 466 g/mol. The molecule has 1 saturated heterocycles. The van der Waals surface area contributed by atoms with Crippen molar-refractivity contribution >= 4 is 17.6 Å². The van der Waals surface area contributed by atoms with E-state index in [0.717, 1.165) is 0 Å². The van der Waals surface area contributed by atoms with Crippen LogP contribution in [0.25, 0.3) is 0 Å². The summed E-state index contributed by atoms with van der Waals surface area (Å²) in [7, 11) is 0. The topological polar surface area (TPSA) is 94.1 Å². The first-order valence-electron chi connectivity index (χ1n) is 9.52. The van der Waals surface area contributed by atoms with Crippen LogP contribution in [0.15, 0.2) is 0 Å². The molecule has 2 atom stereocenters. The first-order chi connectivity index (χ1) is 13.1. The molecule has 12 heteroatoms. The normalized spacial score (nSPS) is 18.1. The molecule has 0 aromatic rings. The van der Waals surface area contributed by atoms with Crippen LogP contribution < -0.4 is 23.5 Å². The summed E-state index contributed by atoms with van der Waals surface area (Å²) in [5.41, 5.74) is 3.82.